The van der Waals surface area contributed by atoms with Gasteiger partial charge < -0.3 is 14.8 Å². The van der Waals surface area contributed by atoms with Gasteiger partial charge in [0.1, 0.15) is 0 Å². The normalized spacial score (nSPS) is 23.2. The lowest BCUT2D eigenvalue weighted by Crippen LogP contribution is -2.47. The minimum Gasteiger partial charge on any atom is -0.494 e. The largest absolute Gasteiger partial charge is 0.494 e. The molecule has 0 amide bonds. The third-order valence-corrected chi connectivity index (χ3v) is 3.89. The highest BCUT2D eigenvalue weighted by molar-refractivity contribution is 5.31. The van der Waals surface area contributed by atoms with Crippen LogP contribution in [0.5, 0.6) is 5.75 Å². The Morgan fingerprint density at radius 2 is 2.29 bits per heavy atom. The molecule has 1 heterocycles. The van der Waals surface area contributed by atoms with Crippen molar-refractivity contribution in [2.45, 2.75) is 25.5 Å². The van der Waals surface area contributed by atoms with Crippen LogP contribution < -0.4 is 10.1 Å². The highest BCUT2D eigenvalue weighted by Crippen LogP contribution is 2.30. The topological polar surface area (TPSA) is 33.7 Å². The van der Waals surface area contributed by atoms with E-state index in [2.05, 4.69) is 24.2 Å². The van der Waals surface area contributed by atoms with Crippen LogP contribution >= 0.6 is 0 Å². The molecule has 1 saturated heterocycles. The first kappa shape index (κ1) is 16.2. The van der Waals surface area contributed by atoms with Gasteiger partial charge in [0.05, 0.1) is 25.9 Å². The molecule has 1 aliphatic heterocycles. The molecule has 118 valence electrons. The van der Waals surface area contributed by atoms with Gasteiger partial charge in [0.15, 0.2) is 11.6 Å². The molecule has 0 saturated carbocycles. The van der Waals surface area contributed by atoms with Gasteiger partial charge in [0, 0.05) is 13.1 Å². The van der Waals surface area contributed by atoms with E-state index in [1.807, 2.05) is 6.07 Å². The molecule has 4 nitrogen and oxygen atoms in total. The van der Waals surface area contributed by atoms with Gasteiger partial charge in [0.25, 0.3) is 0 Å². The molecule has 1 aromatic rings. The summed E-state index contributed by atoms with van der Waals surface area (Å²) in [5, 5.41) is 3.39. The summed E-state index contributed by atoms with van der Waals surface area (Å²) in [7, 11) is 3.54. The summed E-state index contributed by atoms with van der Waals surface area (Å²) in [6, 6.07) is 5.22. The molecule has 0 bridgehead atoms. The number of benzene rings is 1. The number of rotatable bonds is 6. The van der Waals surface area contributed by atoms with E-state index < -0.39 is 0 Å². The van der Waals surface area contributed by atoms with Gasteiger partial charge in [-0.25, -0.2) is 4.39 Å². The number of ether oxygens (including phenoxy) is 2. The predicted molar refractivity (Wildman–Crippen MR) is 81.2 cm³/mol. The molecule has 1 aliphatic rings. The molecule has 2 rings (SSSR count). The van der Waals surface area contributed by atoms with E-state index in [9.17, 15) is 4.39 Å². The average Bonchev–Trinajstić information content (AvgIpc) is 2.47. The first-order chi connectivity index (χ1) is 10.2. The van der Waals surface area contributed by atoms with E-state index in [1.54, 1.807) is 12.1 Å². The number of hydrogen-bond acceptors (Lipinski definition) is 4. The molecule has 2 atom stereocenters. The number of hydrogen-bond donors (Lipinski definition) is 1. The third kappa shape index (κ3) is 3.93. The van der Waals surface area contributed by atoms with Crippen LogP contribution in [-0.2, 0) is 4.74 Å². The Morgan fingerprint density at radius 3 is 2.95 bits per heavy atom. The first-order valence-electron chi connectivity index (χ1n) is 7.53. The van der Waals surface area contributed by atoms with Gasteiger partial charge in [0.2, 0.25) is 0 Å². The van der Waals surface area contributed by atoms with E-state index >= 15 is 0 Å². The van der Waals surface area contributed by atoms with E-state index in [0.29, 0.717) is 6.61 Å². The summed E-state index contributed by atoms with van der Waals surface area (Å²) in [6.07, 6.45) is 1.12. The quantitative estimate of drug-likeness (QED) is 0.816. The van der Waals surface area contributed by atoms with Crippen LogP contribution in [0.15, 0.2) is 18.2 Å². The highest BCUT2D eigenvalue weighted by atomic mass is 19.1. The van der Waals surface area contributed by atoms with Crippen LogP contribution in [-0.4, -0.2) is 51.4 Å². The summed E-state index contributed by atoms with van der Waals surface area (Å²) >= 11 is 0. The second-order valence-corrected chi connectivity index (χ2v) is 5.43. The fraction of sp³-hybridized carbons (Fsp3) is 0.625. The van der Waals surface area contributed by atoms with Crippen LogP contribution in [0, 0.1) is 5.82 Å². The average molecular weight is 296 g/mol. The molecular weight excluding hydrogens is 271 g/mol. The maximum absolute atomic E-state index is 14.0. The van der Waals surface area contributed by atoms with Crippen molar-refractivity contribution in [3.8, 4) is 5.75 Å². The molecule has 0 radical (unpaired) electrons. The van der Waals surface area contributed by atoms with Gasteiger partial charge in [-0.15, -0.1) is 0 Å². The van der Waals surface area contributed by atoms with Gasteiger partial charge in [-0.3, -0.25) is 4.90 Å². The van der Waals surface area contributed by atoms with Crippen molar-refractivity contribution in [3.05, 3.63) is 29.6 Å². The Balaban J connectivity index is 2.16. The van der Waals surface area contributed by atoms with E-state index in [0.717, 1.165) is 31.6 Å². The summed E-state index contributed by atoms with van der Waals surface area (Å²) in [5.41, 5.74) is 0.929. The molecule has 5 heteroatoms. The molecule has 0 aromatic heterocycles. The number of nitrogens with zero attached hydrogens (tertiary/aromatic N) is 1. The van der Waals surface area contributed by atoms with E-state index in [4.69, 9.17) is 9.47 Å². The van der Waals surface area contributed by atoms with Gasteiger partial charge in [-0.2, -0.15) is 0 Å². The van der Waals surface area contributed by atoms with Gasteiger partial charge in [-0.1, -0.05) is 13.0 Å². The summed E-state index contributed by atoms with van der Waals surface area (Å²) in [5.74, 6) is -0.0481. The fourth-order valence-electron chi connectivity index (χ4n) is 2.79. The second-order valence-electron chi connectivity index (χ2n) is 5.43. The Labute approximate surface area is 126 Å². The predicted octanol–water partition coefficient (Wildman–Crippen LogP) is 2.21. The zero-order valence-electron chi connectivity index (χ0n) is 13.1. The van der Waals surface area contributed by atoms with Gasteiger partial charge in [-0.05, 0) is 37.7 Å². The number of nitrogens with one attached hydrogen (secondary N) is 1. The fourth-order valence-corrected chi connectivity index (χ4v) is 2.79. The third-order valence-electron chi connectivity index (χ3n) is 3.89. The van der Waals surface area contributed by atoms with Crippen LogP contribution in [0.2, 0.25) is 0 Å². The number of methoxy groups -OCH3 is 1. The molecule has 2 unspecified atom stereocenters. The molecule has 21 heavy (non-hydrogen) atoms. The Kier molecular flexibility index (Phi) is 5.96. The van der Waals surface area contributed by atoms with Crippen molar-refractivity contribution in [1.29, 1.82) is 0 Å². The maximum Gasteiger partial charge on any atom is 0.165 e. The minimum atomic E-state index is -0.325. The van der Waals surface area contributed by atoms with Crippen LogP contribution in [0.25, 0.3) is 0 Å². The summed E-state index contributed by atoms with van der Waals surface area (Å²) in [6.45, 7) is 5.44. The van der Waals surface area contributed by atoms with Gasteiger partial charge >= 0.3 is 0 Å². The Morgan fingerprint density at radius 1 is 1.48 bits per heavy atom. The minimum absolute atomic E-state index is 0.0306. The van der Waals surface area contributed by atoms with Crippen molar-refractivity contribution in [3.63, 3.8) is 0 Å². The van der Waals surface area contributed by atoms with Crippen LogP contribution in [0.4, 0.5) is 4.39 Å². The first-order valence-corrected chi connectivity index (χ1v) is 7.53. The second kappa shape index (κ2) is 7.73. The maximum atomic E-state index is 14.0. The zero-order valence-corrected chi connectivity index (χ0v) is 13.1. The SMILES string of the molecule is CCCNCC1OCCN(C)C1c1ccc(OC)c(F)c1. The standard InChI is InChI=1S/C16H25FN2O2/c1-4-7-18-11-15-16(19(2)8-9-21-15)12-5-6-14(20-3)13(17)10-12/h5-6,10,15-16,18H,4,7-9,11H2,1-3H3. The number of likely N-dealkylation sites (N-methyl/N-ethyl adjacent to an activating group) is 1. The van der Waals surface area contributed by atoms with Crippen molar-refractivity contribution in [2.75, 3.05) is 40.4 Å². The van der Waals surface area contributed by atoms with Crippen LogP contribution in [0.3, 0.4) is 0 Å². The lowest BCUT2D eigenvalue weighted by atomic mass is 9.98. The molecule has 1 aromatic carbocycles. The van der Waals surface area contributed by atoms with Crippen molar-refractivity contribution >= 4 is 0 Å². The lowest BCUT2D eigenvalue weighted by molar-refractivity contribution is -0.0613. The monoisotopic (exact) mass is 296 g/mol. The molecule has 1 fully saturated rings. The molecular formula is C16H25FN2O2. The molecule has 1 N–H and O–H groups in total. The van der Waals surface area contributed by atoms with Crippen molar-refractivity contribution < 1.29 is 13.9 Å². The molecule has 0 spiro atoms. The summed E-state index contributed by atoms with van der Waals surface area (Å²) in [4.78, 5) is 2.23. The molecule has 0 aliphatic carbocycles. The van der Waals surface area contributed by atoms with Crippen molar-refractivity contribution in [1.82, 2.24) is 10.2 Å². The van der Waals surface area contributed by atoms with Crippen molar-refractivity contribution in [2.24, 2.45) is 0 Å². The Bertz CT molecular complexity index is 456. The highest BCUT2D eigenvalue weighted by Gasteiger charge is 2.31. The van der Waals surface area contributed by atoms with E-state index in [1.165, 1.54) is 7.11 Å². The van der Waals surface area contributed by atoms with E-state index in [-0.39, 0.29) is 23.7 Å². The summed E-state index contributed by atoms with van der Waals surface area (Å²) < 4.78 is 24.9. The lowest BCUT2D eigenvalue weighted by Gasteiger charge is -2.39. The zero-order chi connectivity index (χ0) is 15.2. The smallest absolute Gasteiger partial charge is 0.165 e. The Hall–Kier alpha value is -1.17. The van der Waals surface area contributed by atoms with Crippen LogP contribution in [0.1, 0.15) is 24.9 Å². The number of morpholine rings is 1. The number of halogens is 1.